The van der Waals surface area contributed by atoms with E-state index in [1.807, 2.05) is 12.3 Å². The highest BCUT2D eigenvalue weighted by molar-refractivity contribution is 7.98. The van der Waals surface area contributed by atoms with Crippen molar-refractivity contribution in [3.63, 3.8) is 0 Å². The molecule has 0 fully saturated rings. The molecule has 0 unspecified atom stereocenters. The molecule has 0 saturated carbocycles. The summed E-state index contributed by atoms with van der Waals surface area (Å²) in [5.74, 6) is -0.0196. The molecule has 0 atom stereocenters. The Kier molecular flexibility index (Phi) is 5.45. The Labute approximate surface area is 118 Å². The van der Waals surface area contributed by atoms with Crippen LogP contribution < -0.4 is 5.32 Å². The van der Waals surface area contributed by atoms with Gasteiger partial charge in [-0.2, -0.15) is 0 Å². The van der Waals surface area contributed by atoms with Crippen LogP contribution in [0.3, 0.4) is 0 Å². The quantitative estimate of drug-likeness (QED) is 0.662. The van der Waals surface area contributed by atoms with Gasteiger partial charge in [0.25, 0.3) is 5.91 Å². The summed E-state index contributed by atoms with van der Waals surface area (Å²) >= 11 is 1.50. The van der Waals surface area contributed by atoms with Gasteiger partial charge in [0.15, 0.2) is 0 Å². The molecule has 0 bridgehead atoms. The maximum Gasteiger partial charge on any atom is 0.254 e. The second kappa shape index (κ2) is 7.34. The van der Waals surface area contributed by atoms with Crippen LogP contribution in [-0.2, 0) is 0 Å². The fourth-order valence-corrected chi connectivity index (χ4v) is 2.84. The number of rotatable bonds is 5. The summed E-state index contributed by atoms with van der Waals surface area (Å²) in [6.45, 7) is 0.716. The van der Waals surface area contributed by atoms with E-state index in [4.69, 9.17) is 0 Å². The molecule has 0 saturated heterocycles. The minimum Gasteiger partial charge on any atom is -0.352 e. The van der Waals surface area contributed by atoms with Crippen LogP contribution in [0, 0.1) is 0 Å². The van der Waals surface area contributed by atoms with E-state index in [-0.39, 0.29) is 5.91 Å². The van der Waals surface area contributed by atoms with Crippen molar-refractivity contribution < 1.29 is 4.79 Å². The van der Waals surface area contributed by atoms with Gasteiger partial charge < -0.3 is 5.32 Å². The first-order chi connectivity index (χ1) is 9.31. The van der Waals surface area contributed by atoms with Crippen molar-refractivity contribution in [1.82, 2.24) is 10.3 Å². The van der Waals surface area contributed by atoms with E-state index in [0.29, 0.717) is 12.1 Å². The van der Waals surface area contributed by atoms with E-state index in [2.05, 4.69) is 16.4 Å². The highest BCUT2D eigenvalue weighted by Gasteiger charge is 2.11. The molecule has 102 valence electrons. The third kappa shape index (κ3) is 4.10. The van der Waals surface area contributed by atoms with Gasteiger partial charge in [-0.05, 0) is 50.5 Å². The van der Waals surface area contributed by atoms with Crippen LogP contribution in [0.15, 0.2) is 35.0 Å². The van der Waals surface area contributed by atoms with Gasteiger partial charge in [-0.1, -0.05) is 11.6 Å². The first kappa shape index (κ1) is 14.1. The highest BCUT2D eigenvalue weighted by Crippen LogP contribution is 2.20. The molecule has 19 heavy (non-hydrogen) atoms. The number of allylic oxidation sites excluding steroid dienone is 1. The highest BCUT2D eigenvalue weighted by atomic mass is 32.2. The molecule has 1 aromatic heterocycles. The summed E-state index contributed by atoms with van der Waals surface area (Å²) in [4.78, 5) is 16.3. The number of thioether (sulfide) groups is 1. The molecule has 1 aliphatic rings. The van der Waals surface area contributed by atoms with Crippen LogP contribution in [0.5, 0.6) is 0 Å². The van der Waals surface area contributed by atoms with E-state index in [0.717, 1.165) is 11.4 Å². The number of nitrogens with zero attached hydrogens (tertiary/aromatic N) is 1. The molecule has 2 rings (SSSR count). The predicted octanol–water partition coefficient (Wildman–Crippen LogP) is 3.42. The molecule has 1 aliphatic carbocycles. The first-order valence-corrected chi connectivity index (χ1v) is 7.99. The van der Waals surface area contributed by atoms with E-state index in [9.17, 15) is 4.79 Å². The molecular weight excluding hydrogens is 256 g/mol. The Bertz CT molecular complexity index is 471. The molecule has 1 heterocycles. The van der Waals surface area contributed by atoms with Gasteiger partial charge in [0.05, 0.1) is 5.56 Å². The van der Waals surface area contributed by atoms with Crippen LogP contribution in [-0.4, -0.2) is 23.7 Å². The molecular formula is C15H20N2OS. The maximum atomic E-state index is 12.1. The molecule has 1 aromatic rings. The standard InChI is InChI=1S/C15H20N2OS/c1-19-15-13(8-5-10-17-15)14(18)16-11-9-12-6-3-2-4-7-12/h5-6,8,10H,2-4,7,9,11H2,1H3,(H,16,18). The van der Waals surface area contributed by atoms with Crippen molar-refractivity contribution >= 4 is 17.7 Å². The van der Waals surface area contributed by atoms with Crippen LogP contribution in [0.2, 0.25) is 0 Å². The van der Waals surface area contributed by atoms with Gasteiger partial charge >= 0.3 is 0 Å². The number of hydrogen-bond acceptors (Lipinski definition) is 3. The molecule has 0 aromatic carbocycles. The van der Waals surface area contributed by atoms with E-state index >= 15 is 0 Å². The topological polar surface area (TPSA) is 42.0 Å². The molecule has 0 radical (unpaired) electrons. The van der Waals surface area contributed by atoms with Crippen LogP contribution in [0.25, 0.3) is 0 Å². The van der Waals surface area contributed by atoms with Crippen LogP contribution >= 0.6 is 11.8 Å². The average Bonchev–Trinajstić information content (AvgIpc) is 2.48. The van der Waals surface area contributed by atoms with Gasteiger partial charge in [0.2, 0.25) is 0 Å². The maximum absolute atomic E-state index is 12.1. The number of hydrogen-bond donors (Lipinski definition) is 1. The predicted molar refractivity (Wildman–Crippen MR) is 79.5 cm³/mol. The van der Waals surface area contributed by atoms with Gasteiger partial charge in [-0.25, -0.2) is 4.98 Å². The molecule has 1 amide bonds. The third-order valence-electron chi connectivity index (χ3n) is 3.33. The van der Waals surface area contributed by atoms with Crippen molar-refractivity contribution in [2.45, 2.75) is 37.1 Å². The Morgan fingerprint density at radius 1 is 1.47 bits per heavy atom. The number of nitrogens with one attached hydrogen (secondary N) is 1. The smallest absolute Gasteiger partial charge is 0.254 e. The number of carbonyl (C=O) groups excluding carboxylic acids is 1. The van der Waals surface area contributed by atoms with Gasteiger partial charge in [-0.3, -0.25) is 4.79 Å². The molecule has 0 spiro atoms. The lowest BCUT2D eigenvalue weighted by Crippen LogP contribution is -2.25. The Morgan fingerprint density at radius 2 is 2.37 bits per heavy atom. The van der Waals surface area contributed by atoms with Crippen molar-refractivity contribution in [1.29, 1.82) is 0 Å². The minimum atomic E-state index is -0.0196. The monoisotopic (exact) mass is 276 g/mol. The average molecular weight is 276 g/mol. The fourth-order valence-electron chi connectivity index (χ4n) is 2.29. The van der Waals surface area contributed by atoms with Crippen LogP contribution in [0.4, 0.5) is 0 Å². The number of pyridine rings is 1. The summed E-state index contributed by atoms with van der Waals surface area (Å²) in [6.07, 6.45) is 11.9. The summed E-state index contributed by atoms with van der Waals surface area (Å²) in [7, 11) is 0. The second-order valence-corrected chi connectivity index (χ2v) is 5.47. The van der Waals surface area contributed by atoms with Gasteiger partial charge in [0.1, 0.15) is 5.03 Å². The van der Waals surface area contributed by atoms with E-state index in [1.165, 1.54) is 43.0 Å². The second-order valence-electron chi connectivity index (χ2n) is 4.67. The first-order valence-electron chi connectivity index (χ1n) is 6.76. The number of carbonyl (C=O) groups is 1. The van der Waals surface area contributed by atoms with Crippen molar-refractivity contribution in [2.24, 2.45) is 0 Å². The number of amides is 1. The normalized spacial score (nSPS) is 14.9. The van der Waals surface area contributed by atoms with Crippen molar-refractivity contribution in [3.8, 4) is 0 Å². The van der Waals surface area contributed by atoms with E-state index < -0.39 is 0 Å². The Hall–Kier alpha value is -1.29. The zero-order valence-electron chi connectivity index (χ0n) is 11.3. The van der Waals surface area contributed by atoms with Gasteiger partial charge in [-0.15, -0.1) is 11.8 Å². The van der Waals surface area contributed by atoms with Gasteiger partial charge in [0, 0.05) is 12.7 Å². The SMILES string of the molecule is CSc1ncccc1C(=O)NCCC1=CCCCC1. The molecule has 1 N–H and O–H groups in total. The summed E-state index contributed by atoms with van der Waals surface area (Å²) in [6, 6.07) is 3.63. The zero-order chi connectivity index (χ0) is 13.5. The van der Waals surface area contributed by atoms with Crippen molar-refractivity contribution in [3.05, 3.63) is 35.5 Å². The summed E-state index contributed by atoms with van der Waals surface area (Å²) < 4.78 is 0. The zero-order valence-corrected chi connectivity index (χ0v) is 12.1. The Morgan fingerprint density at radius 3 is 3.11 bits per heavy atom. The lowest BCUT2D eigenvalue weighted by molar-refractivity contribution is 0.0950. The fraction of sp³-hybridized carbons (Fsp3) is 0.467. The van der Waals surface area contributed by atoms with E-state index in [1.54, 1.807) is 12.3 Å². The summed E-state index contributed by atoms with van der Waals surface area (Å²) in [5, 5.41) is 3.78. The molecule has 0 aliphatic heterocycles. The largest absolute Gasteiger partial charge is 0.352 e. The lowest BCUT2D eigenvalue weighted by Gasteiger charge is -2.13. The minimum absolute atomic E-state index is 0.0196. The number of aromatic nitrogens is 1. The lowest BCUT2D eigenvalue weighted by atomic mass is 9.97. The third-order valence-corrected chi connectivity index (χ3v) is 4.04. The molecule has 4 heteroatoms. The Balaban J connectivity index is 1.85. The van der Waals surface area contributed by atoms with Crippen LogP contribution in [0.1, 0.15) is 42.5 Å². The summed E-state index contributed by atoms with van der Waals surface area (Å²) in [5.41, 5.74) is 2.16. The van der Waals surface area contributed by atoms with Crippen molar-refractivity contribution in [2.75, 3.05) is 12.8 Å². The molecule has 3 nitrogen and oxygen atoms in total.